The fraction of sp³-hybridized carbons (Fsp3) is 0.0667. The zero-order valence-corrected chi connectivity index (χ0v) is 13.1. The van der Waals surface area contributed by atoms with Crippen LogP contribution in [0.1, 0.15) is 11.1 Å². The number of hydrogen-bond donors (Lipinski definition) is 0. The minimum absolute atomic E-state index is 0. The van der Waals surface area contributed by atoms with Gasteiger partial charge >= 0.3 is 21.1 Å². The Balaban J connectivity index is 0.00000144. The average molecular weight is 439 g/mol. The minimum Gasteiger partial charge on any atom is -0.358 e. The SMILES string of the molecule is Clc1ccc(CN=Cc2[c-]cccc2)cc1.[CH3-].[Pt+2]. The fourth-order valence-electron chi connectivity index (χ4n) is 1.33. The van der Waals surface area contributed by atoms with Gasteiger partial charge in [0.2, 0.25) is 0 Å². The van der Waals surface area contributed by atoms with Gasteiger partial charge in [-0.15, -0.1) is 35.9 Å². The largest absolute Gasteiger partial charge is 2.00 e. The molecule has 0 bridgehead atoms. The van der Waals surface area contributed by atoms with Crippen molar-refractivity contribution in [2.75, 3.05) is 0 Å². The molecule has 18 heavy (non-hydrogen) atoms. The van der Waals surface area contributed by atoms with Crippen molar-refractivity contribution in [2.24, 2.45) is 4.99 Å². The summed E-state index contributed by atoms with van der Waals surface area (Å²) in [6.45, 7) is 0.667. The van der Waals surface area contributed by atoms with Crippen LogP contribution in [0, 0.1) is 13.5 Å². The molecule has 0 fully saturated rings. The second kappa shape index (κ2) is 9.08. The molecule has 0 spiro atoms. The molecule has 0 radical (unpaired) electrons. The first-order valence-electron chi connectivity index (χ1n) is 5.05. The summed E-state index contributed by atoms with van der Waals surface area (Å²) in [7, 11) is 0. The molecule has 0 atom stereocenters. The standard InChI is InChI=1S/C14H11ClN.CH3.Pt/c15-14-8-6-13(7-9-14)11-16-10-12-4-2-1-3-5-12;;/h1-4,6-10H,11H2;1H3;/q2*-1;+2. The molecule has 0 saturated carbocycles. The van der Waals surface area contributed by atoms with Crippen LogP contribution in [0.3, 0.4) is 0 Å². The number of halogens is 1. The van der Waals surface area contributed by atoms with E-state index in [1.165, 1.54) is 0 Å². The van der Waals surface area contributed by atoms with Crippen LogP contribution in [0.15, 0.2) is 53.5 Å². The van der Waals surface area contributed by atoms with E-state index in [1.54, 1.807) is 0 Å². The first-order chi connectivity index (χ1) is 7.84. The number of rotatable bonds is 3. The maximum atomic E-state index is 5.80. The Morgan fingerprint density at radius 2 is 1.83 bits per heavy atom. The summed E-state index contributed by atoms with van der Waals surface area (Å²) in [5.74, 6) is 0. The van der Waals surface area contributed by atoms with Crippen LogP contribution in [0.4, 0.5) is 0 Å². The van der Waals surface area contributed by atoms with E-state index in [1.807, 2.05) is 54.7 Å². The molecule has 0 unspecified atom stereocenters. The number of aliphatic imine (C=N–C) groups is 1. The van der Waals surface area contributed by atoms with E-state index in [0.29, 0.717) is 6.54 Å². The van der Waals surface area contributed by atoms with Gasteiger partial charge < -0.3 is 12.4 Å². The molecular weight excluding hydrogens is 425 g/mol. The van der Waals surface area contributed by atoms with E-state index < -0.39 is 0 Å². The normalized spacial score (nSPS) is 9.61. The monoisotopic (exact) mass is 438 g/mol. The molecule has 1 nitrogen and oxygen atoms in total. The summed E-state index contributed by atoms with van der Waals surface area (Å²) >= 11 is 5.80. The van der Waals surface area contributed by atoms with E-state index >= 15 is 0 Å². The van der Waals surface area contributed by atoms with Gasteiger partial charge in [-0.2, -0.15) is 0 Å². The average Bonchev–Trinajstić information content (AvgIpc) is 2.33. The van der Waals surface area contributed by atoms with Gasteiger partial charge in [0, 0.05) is 5.02 Å². The summed E-state index contributed by atoms with van der Waals surface area (Å²) in [5, 5.41) is 0.754. The van der Waals surface area contributed by atoms with E-state index in [2.05, 4.69) is 11.1 Å². The fourth-order valence-corrected chi connectivity index (χ4v) is 1.45. The predicted molar refractivity (Wildman–Crippen MR) is 74.4 cm³/mol. The second-order valence-electron chi connectivity index (χ2n) is 3.41. The van der Waals surface area contributed by atoms with Gasteiger partial charge in [0.1, 0.15) is 0 Å². The Bertz CT molecular complexity index is 466. The summed E-state index contributed by atoms with van der Waals surface area (Å²) in [4.78, 5) is 4.34. The van der Waals surface area contributed by atoms with Gasteiger partial charge in [0.05, 0.1) is 6.54 Å². The third kappa shape index (κ3) is 5.62. The summed E-state index contributed by atoms with van der Waals surface area (Å²) in [5.41, 5.74) is 2.15. The summed E-state index contributed by atoms with van der Waals surface area (Å²) in [6, 6.07) is 18.6. The van der Waals surface area contributed by atoms with E-state index in [-0.39, 0.29) is 28.5 Å². The van der Waals surface area contributed by atoms with E-state index in [9.17, 15) is 0 Å². The van der Waals surface area contributed by atoms with Crippen molar-refractivity contribution < 1.29 is 21.1 Å². The molecule has 96 valence electrons. The Labute approximate surface area is 128 Å². The molecule has 0 aliphatic heterocycles. The van der Waals surface area contributed by atoms with E-state index in [4.69, 9.17) is 11.6 Å². The van der Waals surface area contributed by atoms with Crippen LogP contribution < -0.4 is 0 Å². The van der Waals surface area contributed by atoms with Gasteiger partial charge in [-0.05, 0) is 17.7 Å². The minimum atomic E-state index is 0. The zero-order valence-electron chi connectivity index (χ0n) is 10.0. The van der Waals surface area contributed by atoms with Crippen molar-refractivity contribution in [3.8, 4) is 0 Å². The van der Waals surface area contributed by atoms with Crippen molar-refractivity contribution in [2.45, 2.75) is 6.54 Å². The van der Waals surface area contributed by atoms with E-state index in [0.717, 1.165) is 16.1 Å². The Hall–Kier alpha value is -0.912. The molecule has 2 aromatic carbocycles. The van der Waals surface area contributed by atoms with Crippen LogP contribution in [0.2, 0.25) is 5.02 Å². The van der Waals surface area contributed by atoms with Crippen LogP contribution in [-0.4, -0.2) is 6.21 Å². The van der Waals surface area contributed by atoms with Crippen LogP contribution in [0.5, 0.6) is 0 Å². The van der Waals surface area contributed by atoms with Crippen LogP contribution >= 0.6 is 11.6 Å². The van der Waals surface area contributed by atoms with Crippen molar-refractivity contribution in [3.63, 3.8) is 0 Å². The molecule has 0 saturated heterocycles. The Morgan fingerprint density at radius 1 is 1.11 bits per heavy atom. The first kappa shape index (κ1) is 17.1. The van der Waals surface area contributed by atoms with Crippen molar-refractivity contribution >= 4 is 17.8 Å². The maximum absolute atomic E-state index is 5.80. The third-order valence-electron chi connectivity index (χ3n) is 2.15. The molecule has 0 aliphatic rings. The Morgan fingerprint density at radius 3 is 2.44 bits per heavy atom. The summed E-state index contributed by atoms with van der Waals surface area (Å²) < 4.78 is 0. The third-order valence-corrected chi connectivity index (χ3v) is 2.40. The smallest absolute Gasteiger partial charge is 0.358 e. The molecular formula is C15H14ClNPt. The van der Waals surface area contributed by atoms with Gasteiger partial charge in [-0.1, -0.05) is 29.9 Å². The van der Waals surface area contributed by atoms with Crippen LogP contribution in [-0.2, 0) is 27.6 Å². The first-order valence-corrected chi connectivity index (χ1v) is 5.43. The number of hydrogen-bond acceptors (Lipinski definition) is 1. The molecule has 2 aromatic rings. The molecule has 0 N–H and O–H groups in total. The quantitative estimate of drug-likeness (QED) is 0.503. The predicted octanol–water partition coefficient (Wildman–Crippen LogP) is 4.21. The molecule has 3 heteroatoms. The van der Waals surface area contributed by atoms with Gasteiger partial charge in [0.15, 0.2) is 0 Å². The number of benzene rings is 2. The van der Waals surface area contributed by atoms with Gasteiger partial charge in [-0.3, -0.25) is 0 Å². The molecule has 0 aliphatic carbocycles. The van der Waals surface area contributed by atoms with Gasteiger partial charge in [0.25, 0.3) is 0 Å². The van der Waals surface area contributed by atoms with Gasteiger partial charge in [-0.25, -0.2) is 0 Å². The summed E-state index contributed by atoms with van der Waals surface area (Å²) in [6.07, 6.45) is 1.83. The maximum Gasteiger partial charge on any atom is 2.00 e. The molecule has 2 rings (SSSR count). The molecule has 0 amide bonds. The van der Waals surface area contributed by atoms with Crippen molar-refractivity contribution in [1.82, 2.24) is 0 Å². The molecule has 0 aromatic heterocycles. The van der Waals surface area contributed by atoms with Crippen molar-refractivity contribution in [1.29, 1.82) is 0 Å². The second-order valence-corrected chi connectivity index (χ2v) is 3.85. The topological polar surface area (TPSA) is 12.4 Å². The van der Waals surface area contributed by atoms with Crippen LogP contribution in [0.25, 0.3) is 0 Å². The zero-order chi connectivity index (χ0) is 11.2. The Kier molecular flexibility index (Phi) is 8.62. The van der Waals surface area contributed by atoms with Crippen molar-refractivity contribution in [3.05, 3.63) is 78.2 Å². The molecule has 0 heterocycles. The number of nitrogens with zero attached hydrogens (tertiary/aromatic N) is 1.